The maximum Gasteiger partial charge on any atom is 0.182 e. The Morgan fingerprint density at radius 2 is 1.45 bits per heavy atom. The number of aromatic nitrogens is 1. The molecule has 2 aromatic heterocycles. The second kappa shape index (κ2) is 9.11. The van der Waals surface area contributed by atoms with E-state index in [1.807, 2.05) is 30.3 Å². The summed E-state index contributed by atoms with van der Waals surface area (Å²) in [5.74, 6) is 0. The van der Waals surface area contributed by atoms with Crippen LogP contribution in [0.15, 0.2) is 141 Å². The number of rotatable bonds is 4. The smallest absolute Gasteiger partial charge is 0.182 e. The van der Waals surface area contributed by atoms with Crippen LogP contribution >= 0.6 is 15.9 Å². The van der Waals surface area contributed by atoms with Gasteiger partial charge in [-0.3, -0.25) is 0 Å². The molecule has 0 atom stereocenters. The van der Waals surface area contributed by atoms with Crippen molar-refractivity contribution in [3.63, 3.8) is 0 Å². The van der Waals surface area contributed by atoms with Crippen molar-refractivity contribution in [3.8, 4) is 11.1 Å². The minimum Gasteiger partial charge on any atom is -0.456 e. The fraction of sp³-hybridized carbons (Fsp3) is 0. The molecular formula is C35H21BrN2O2. The highest BCUT2D eigenvalue weighted by atomic mass is 79.9. The standard InChI is InChI=1S/C35H21BrN2O2/c36-29-10-4-13-32-34(29)28-17-15-25(20-33(28)40-32)24-8-3-9-26(19-24)38(31-12-5-11-30-35(31)39-21-37-30)27-16-14-22-6-1-2-7-23(22)18-27/h1-21H. The SMILES string of the molecule is Brc1cccc2oc3cc(-c4cccc(N(c5ccc6ccccc6c5)c5cccc6ncoc56)c4)ccc3c12. The molecule has 8 rings (SSSR count). The number of furan rings is 1. The predicted octanol–water partition coefficient (Wildman–Crippen LogP) is 10.8. The molecule has 0 saturated heterocycles. The van der Waals surface area contributed by atoms with E-state index >= 15 is 0 Å². The first-order valence-corrected chi connectivity index (χ1v) is 13.8. The van der Waals surface area contributed by atoms with Gasteiger partial charge in [0.05, 0.1) is 5.69 Å². The third kappa shape index (κ3) is 3.70. The molecule has 0 radical (unpaired) electrons. The number of anilines is 3. The molecular weight excluding hydrogens is 560 g/mol. The second-order valence-electron chi connectivity index (χ2n) is 9.82. The molecule has 0 aliphatic rings. The zero-order chi connectivity index (χ0) is 26.6. The summed E-state index contributed by atoms with van der Waals surface area (Å²) >= 11 is 3.68. The van der Waals surface area contributed by atoms with Gasteiger partial charge in [-0.15, -0.1) is 0 Å². The van der Waals surface area contributed by atoms with Crippen molar-refractivity contribution in [3.05, 3.63) is 132 Å². The molecule has 190 valence electrons. The first-order chi connectivity index (χ1) is 19.7. The average Bonchev–Trinajstić information content (AvgIpc) is 3.63. The predicted molar refractivity (Wildman–Crippen MR) is 167 cm³/mol. The van der Waals surface area contributed by atoms with Crippen LogP contribution in [-0.2, 0) is 0 Å². The number of benzene rings is 6. The lowest BCUT2D eigenvalue weighted by Gasteiger charge is -2.26. The highest BCUT2D eigenvalue weighted by Gasteiger charge is 2.19. The Balaban J connectivity index is 1.31. The zero-order valence-electron chi connectivity index (χ0n) is 21.2. The van der Waals surface area contributed by atoms with Crippen LogP contribution in [0.1, 0.15) is 0 Å². The highest BCUT2D eigenvalue weighted by Crippen LogP contribution is 2.42. The van der Waals surface area contributed by atoms with Crippen LogP contribution in [0.3, 0.4) is 0 Å². The normalized spacial score (nSPS) is 11.6. The molecule has 0 aliphatic carbocycles. The molecule has 5 heteroatoms. The minimum atomic E-state index is 0.746. The van der Waals surface area contributed by atoms with Gasteiger partial charge in [0.15, 0.2) is 12.0 Å². The van der Waals surface area contributed by atoms with E-state index in [1.54, 1.807) is 0 Å². The fourth-order valence-corrected chi connectivity index (χ4v) is 6.14. The van der Waals surface area contributed by atoms with Crippen molar-refractivity contribution in [2.75, 3.05) is 4.90 Å². The first-order valence-electron chi connectivity index (χ1n) is 13.1. The van der Waals surface area contributed by atoms with Crippen LogP contribution in [0, 0.1) is 0 Å². The Labute approximate surface area is 238 Å². The Morgan fingerprint density at radius 3 is 2.40 bits per heavy atom. The van der Waals surface area contributed by atoms with Crippen molar-refractivity contribution < 1.29 is 8.83 Å². The maximum atomic E-state index is 6.23. The van der Waals surface area contributed by atoms with E-state index in [-0.39, 0.29) is 0 Å². The van der Waals surface area contributed by atoms with E-state index in [4.69, 9.17) is 8.83 Å². The van der Waals surface area contributed by atoms with Crippen LogP contribution in [0.2, 0.25) is 0 Å². The van der Waals surface area contributed by atoms with Crippen molar-refractivity contribution in [2.24, 2.45) is 0 Å². The summed E-state index contributed by atoms with van der Waals surface area (Å²) in [6.07, 6.45) is 1.50. The largest absolute Gasteiger partial charge is 0.456 e. The molecule has 2 heterocycles. The molecule has 8 aromatic rings. The molecule has 0 bridgehead atoms. The summed E-state index contributed by atoms with van der Waals surface area (Å²) < 4.78 is 13.2. The van der Waals surface area contributed by atoms with Gasteiger partial charge in [0.2, 0.25) is 0 Å². The topological polar surface area (TPSA) is 42.4 Å². The van der Waals surface area contributed by atoms with Crippen molar-refractivity contribution >= 4 is 76.8 Å². The van der Waals surface area contributed by atoms with Crippen molar-refractivity contribution in [1.82, 2.24) is 4.98 Å². The van der Waals surface area contributed by atoms with Crippen LogP contribution in [0.25, 0.3) is 54.9 Å². The summed E-state index contributed by atoms with van der Waals surface area (Å²) in [4.78, 5) is 6.65. The van der Waals surface area contributed by atoms with Crippen molar-refractivity contribution in [1.29, 1.82) is 0 Å². The van der Waals surface area contributed by atoms with Gasteiger partial charge in [-0.2, -0.15) is 0 Å². The van der Waals surface area contributed by atoms with E-state index in [1.165, 1.54) is 17.2 Å². The third-order valence-corrected chi connectivity index (χ3v) is 8.11. The summed E-state index contributed by atoms with van der Waals surface area (Å²) in [5.41, 5.74) is 8.47. The summed E-state index contributed by atoms with van der Waals surface area (Å²) in [5, 5.41) is 4.56. The molecule has 4 nitrogen and oxygen atoms in total. The molecule has 40 heavy (non-hydrogen) atoms. The number of hydrogen-bond donors (Lipinski definition) is 0. The lowest BCUT2D eigenvalue weighted by atomic mass is 10.0. The molecule has 0 fully saturated rings. The van der Waals surface area contributed by atoms with E-state index < -0.39 is 0 Å². The highest BCUT2D eigenvalue weighted by molar-refractivity contribution is 9.10. The Morgan fingerprint density at radius 1 is 0.625 bits per heavy atom. The Bertz CT molecular complexity index is 2210. The number of fused-ring (bicyclic) bond motifs is 5. The van der Waals surface area contributed by atoms with Gasteiger partial charge in [0.1, 0.15) is 16.7 Å². The van der Waals surface area contributed by atoms with E-state index in [9.17, 15) is 0 Å². The van der Waals surface area contributed by atoms with E-state index in [2.05, 4.69) is 117 Å². The van der Waals surface area contributed by atoms with Gasteiger partial charge < -0.3 is 13.7 Å². The van der Waals surface area contributed by atoms with Crippen LogP contribution in [0.4, 0.5) is 17.1 Å². The minimum absolute atomic E-state index is 0.746. The summed E-state index contributed by atoms with van der Waals surface area (Å²) in [7, 11) is 0. The zero-order valence-corrected chi connectivity index (χ0v) is 22.8. The molecule has 0 amide bonds. The second-order valence-corrected chi connectivity index (χ2v) is 10.7. The molecule has 0 aliphatic heterocycles. The lowest BCUT2D eigenvalue weighted by molar-refractivity contribution is 0.602. The monoisotopic (exact) mass is 580 g/mol. The van der Waals surface area contributed by atoms with Gasteiger partial charge in [-0.25, -0.2) is 4.98 Å². The molecule has 0 unspecified atom stereocenters. The molecule has 6 aromatic carbocycles. The summed E-state index contributed by atoms with van der Waals surface area (Å²) in [6, 6.07) is 42.1. The number of hydrogen-bond acceptors (Lipinski definition) is 4. The van der Waals surface area contributed by atoms with Gasteiger partial charge in [-0.1, -0.05) is 76.6 Å². The summed E-state index contributed by atoms with van der Waals surface area (Å²) in [6.45, 7) is 0. The number of oxazole rings is 1. The van der Waals surface area contributed by atoms with Crippen molar-refractivity contribution in [2.45, 2.75) is 0 Å². The lowest BCUT2D eigenvalue weighted by Crippen LogP contribution is -2.10. The number of nitrogens with zero attached hydrogens (tertiary/aromatic N) is 2. The number of halogens is 1. The van der Waals surface area contributed by atoms with E-state index in [0.717, 1.165) is 65.7 Å². The quantitative estimate of drug-likeness (QED) is 0.207. The fourth-order valence-electron chi connectivity index (χ4n) is 5.58. The third-order valence-electron chi connectivity index (χ3n) is 7.45. The van der Waals surface area contributed by atoms with Crippen LogP contribution < -0.4 is 4.90 Å². The first kappa shape index (κ1) is 23.1. The van der Waals surface area contributed by atoms with Gasteiger partial charge in [0.25, 0.3) is 0 Å². The van der Waals surface area contributed by atoms with Crippen LogP contribution in [-0.4, -0.2) is 4.98 Å². The Kier molecular flexibility index (Phi) is 5.25. The average molecular weight is 581 g/mol. The van der Waals surface area contributed by atoms with E-state index in [0.29, 0.717) is 0 Å². The van der Waals surface area contributed by atoms with Gasteiger partial charge in [-0.05, 0) is 82.6 Å². The molecule has 0 N–H and O–H groups in total. The van der Waals surface area contributed by atoms with Gasteiger partial charge >= 0.3 is 0 Å². The molecule has 0 saturated carbocycles. The Hall–Kier alpha value is -4.87. The molecule has 0 spiro atoms. The maximum absolute atomic E-state index is 6.23. The van der Waals surface area contributed by atoms with Gasteiger partial charge in [0, 0.05) is 26.6 Å². The number of para-hydroxylation sites is 1. The van der Waals surface area contributed by atoms with Crippen LogP contribution in [0.5, 0.6) is 0 Å².